The van der Waals surface area contributed by atoms with Gasteiger partial charge in [-0.2, -0.15) is 0 Å². The van der Waals surface area contributed by atoms with E-state index in [0.717, 1.165) is 12.8 Å². The summed E-state index contributed by atoms with van der Waals surface area (Å²) in [6.45, 7) is 2.72. The molecule has 1 saturated carbocycles. The van der Waals surface area contributed by atoms with Gasteiger partial charge in [-0.1, -0.05) is 6.42 Å². The van der Waals surface area contributed by atoms with Gasteiger partial charge in [0.15, 0.2) is 5.79 Å². The van der Waals surface area contributed by atoms with Gasteiger partial charge in [0.2, 0.25) is 0 Å². The van der Waals surface area contributed by atoms with E-state index in [4.69, 9.17) is 9.47 Å². The molecule has 1 spiro atoms. The van der Waals surface area contributed by atoms with Crippen LogP contribution in [0.5, 0.6) is 0 Å². The Kier molecular flexibility index (Phi) is 2.70. The van der Waals surface area contributed by atoms with Crippen molar-refractivity contribution in [3.05, 3.63) is 0 Å². The molecule has 0 aromatic rings. The third-order valence-electron chi connectivity index (χ3n) is 4.16. The van der Waals surface area contributed by atoms with Crippen molar-refractivity contribution in [1.29, 1.82) is 0 Å². The molecule has 0 unspecified atom stereocenters. The van der Waals surface area contributed by atoms with Crippen molar-refractivity contribution >= 4 is 0 Å². The zero-order valence-electron chi connectivity index (χ0n) is 9.82. The highest BCUT2D eigenvalue weighted by Crippen LogP contribution is 2.42. The number of rotatable bonds is 0. The fraction of sp³-hybridized carbons (Fsp3) is 1.00. The molecule has 0 bridgehead atoms. The molecule has 4 atom stereocenters. The highest BCUT2D eigenvalue weighted by Gasteiger charge is 2.53. The number of aliphatic hydroxyl groups is 1. The van der Waals surface area contributed by atoms with Gasteiger partial charge in [-0.15, -0.1) is 0 Å². The van der Waals surface area contributed by atoms with E-state index < -0.39 is 6.10 Å². The number of hydrogen-bond acceptors (Lipinski definition) is 4. The maximum atomic E-state index is 9.94. The Morgan fingerprint density at radius 3 is 2.50 bits per heavy atom. The first-order valence-electron chi connectivity index (χ1n) is 6.47. The van der Waals surface area contributed by atoms with Crippen molar-refractivity contribution in [3.8, 4) is 0 Å². The average Bonchev–Trinajstić information content (AvgIpc) is 2.65. The Morgan fingerprint density at radius 1 is 1.12 bits per heavy atom. The van der Waals surface area contributed by atoms with Crippen molar-refractivity contribution < 1.29 is 14.6 Å². The average molecular weight is 227 g/mol. The fourth-order valence-electron chi connectivity index (χ4n) is 3.21. The number of nitrogens with one attached hydrogen (secondary N) is 1. The van der Waals surface area contributed by atoms with Crippen molar-refractivity contribution in [3.63, 3.8) is 0 Å². The molecule has 0 aromatic carbocycles. The van der Waals surface area contributed by atoms with Crippen LogP contribution in [0.4, 0.5) is 0 Å². The monoisotopic (exact) mass is 227 g/mol. The first-order valence-corrected chi connectivity index (χ1v) is 6.47. The van der Waals surface area contributed by atoms with Gasteiger partial charge in [-0.25, -0.2) is 0 Å². The van der Waals surface area contributed by atoms with Crippen LogP contribution >= 0.6 is 0 Å². The summed E-state index contributed by atoms with van der Waals surface area (Å²) in [7, 11) is 0. The van der Waals surface area contributed by atoms with Crippen LogP contribution in [0.2, 0.25) is 0 Å². The van der Waals surface area contributed by atoms with Crippen LogP contribution in [-0.2, 0) is 9.47 Å². The number of ether oxygens (including phenoxy) is 2. The van der Waals surface area contributed by atoms with E-state index in [1.165, 1.54) is 19.3 Å². The molecular weight excluding hydrogens is 206 g/mol. The summed E-state index contributed by atoms with van der Waals surface area (Å²) in [4.78, 5) is 0. The van der Waals surface area contributed by atoms with Crippen LogP contribution in [0.25, 0.3) is 0 Å². The van der Waals surface area contributed by atoms with E-state index in [9.17, 15) is 5.11 Å². The summed E-state index contributed by atoms with van der Waals surface area (Å²) >= 11 is 0. The van der Waals surface area contributed by atoms with Crippen molar-refractivity contribution in [2.24, 2.45) is 0 Å². The summed E-state index contributed by atoms with van der Waals surface area (Å²) in [6.07, 6.45) is 5.06. The van der Waals surface area contributed by atoms with Crippen LogP contribution in [0.1, 0.15) is 39.0 Å². The molecule has 2 aliphatic heterocycles. The zero-order valence-corrected chi connectivity index (χ0v) is 9.82. The van der Waals surface area contributed by atoms with Crippen LogP contribution in [0, 0.1) is 0 Å². The molecule has 2 heterocycles. The predicted molar refractivity (Wildman–Crippen MR) is 59.0 cm³/mol. The van der Waals surface area contributed by atoms with Crippen LogP contribution < -0.4 is 5.32 Å². The topological polar surface area (TPSA) is 50.7 Å². The summed E-state index contributed by atoms with van der Waals surface area (Å²) in [5, 5.41) is 13.2. The van der Waals surface area contributed by atoms with Gasteiger partial charge in [0.05, 0.1) is 6.10 Å². The third-order valence-corrected chi connectivity index (χ3v) is 4.16. The van der Waals surface area contributed by atoms with E-state index >= 15 is 0 Å². The van der Waals surface area contributed by atoms with Gasteiger partial charge in [-0.05, 0) is 19.8 Å². The number of β-amino-alcohol motifs (C(OH)–C–C–N with tert-alkyl or cyclic N) is 1. The number of piperidine rings is 1. The third kappa shape index (κ3) is 1.68. The minimum atomic E-state index is -0.428. The van der Waals surface area contributed by atoms with E-state index in [0.29, 0.717) is 6.54 Å². The molecule has 16 heavy (non-hydrogen) atoms. The molecule has 2 saturated heterocycles. The van der Waals surface area contributed by atoms with E-state index in [2.05, 4.69) is 12.2 Å². The van der Waals surface area contributed by atoms with E-state index in [1.807, 2.05) is 0 Å². The maximum Gasteiger partial charge on any atom is 0.169 e. The fourth-order valence-corrected chi connectivity index (χ4v) is 3.21. The normalized spacial score (nSPS) is 46.9. The molecule has 4 nitrogen and oxygen atoms in total. The molecule has 3 rings (SSSR count). The Balaban J connectivity index is 1.77. The Labute approximate surface area is 96.3 Å². The molecule has 0 radical (unpaired) electrons. The lowest BCUT2D eigenvalue weighted by molar-refractivity contribution is -0.198. The lowest BCUT2D eigenvalue weighted by Crippen LogP contribution is -2.57. The minimum Gasteiger partial charge on any atom is -0.389 e. The lowest BCUT2D eigenvalue weighted by Gasteiger charge is -2.33. The lowest BCUT2D eigenvalue weighted by atomic mass is 9.94. The summed E-state index contributed by atoms with van der Waals surface area (Å²) in [5.74, 6) is -0.380. The van der Waals surface area contributed by atoms with Gasteiger partial charge < -0.3 is 19.9 Å². The second-order valence-corrected chi connectivity index (χ2v) is 5.40. The molecule has 0 aromatic heterocycles. The van der Waals surface area contributed by atoms with Gasteiger partial charge in [0.1, 0.15) is 12.2 Å². The van der Waals surface area contributed by atoms with Crippen LogP contribution in [0.15, 0.2) is 0 Å². The standard InChI is InChI=1S/C12H21NO3/c1-8-10-11(9(14)7-13-8)16-12(15-10)5-3-2-4-6-12/h8-11,13-14H,2-7H2,1H3/t8-,9+,10+,11-/m0/s1. The van der Waals surface area contributed by atoms with E-state index in [-0.39, 0.29) is 24.0 Å². The first-order chi connectivity index (χ1) is 7.70. The first kappa shape index (κ1) is 11.0. The van der Waals surface area contributed by atoms with Gasteiger partial charge in [-0.3, -0.25) is 0 Å². The van der Waals surface area contributed by atoms with Crippen molar-refractivity contribution in [2.75, 3.05) is 6.54 Å². The SMILES string of the molecule is C[C@@H]1NC[C@@H](O)[C@@H]2OC3(CCCCC3)O[C@@H]21. The molecule has 2 N–H and O–H groups in total. The molecule has 92 valence electrons. The predicted octanol–water partition coefficient (Wildman–Crippen LogP) is 0.783. The summed E-state index contributed by atoms with van der Waals surface area (Å²) in [5.41, 5.74) is 0. The largest absolute Gasteiger partial charge is 0.389 e. The number of fused-ring (bicyclic) bond motifs is 1. The molecule has 3 aliphatic rings. The second-order valence-electron chi connectivity index (χ2n) is 5.40. The van der Waals surface area contributed by atoms with Crippen molar-refractivity contribution in [2.45, 2.75) is 69.2 Å². The highest BCUT2D eigenvalue weighted by atomic mass is 16.8. The van der Waals surface area contributed by atoms with E-state index in [1.54, 1.807) is 0 Å². The summed E-state index contributed by atoms with van der Waals surface area (Å²) in [6, 6.07) is 0.273. The quantitative estimate of drug-likeness (QED) is 0.642. The highest BCUT2D eigenvalue weighted by molar-refractivity contribution is 4.99. The van der Waals surface area contributed by atoms with Gasteiger partial charge in [0.25, 0.3) is 0 Å². The zero-order chi connectivity index (χ0) is 11.2. The smallest absolute Gasteiger partial charge is 0.169 e. The molecule has 4 heteroatoms. The van der Waals surface area contributed by atoms with Crippen molar-refractivity contribution in [1.82, 2.24) is 5.32 Å². The number of aliphatic hydroxyl groups excluding tert-OH is 1. The Morgan fingerprint density at radius 2 is 1.81 bits per heavy atom. The molecule has 1 aliphatic carbocycles. The number of hydrogen-bond donors (Lipinski definition) is 2. The van der Waals surface area contributed by atoms with Crippen LogP contribution in [0.3, 0.4) is 0 Å². The minimum absolute atomic E-state index is 0.0156. The molecule has 0 amide bonds. The molecular formula is C12H21NO3. The summed E-state index contributed by atoms with van der Waals surface area (Å²) < 4.78 is 12.2. The Hall–Kier alpha value is -0.160. The molecule has 3 fully saturated rings. The Bertz CT molecular complexity index is 245. The second kappa shape index (κ2) is 3.95. The van der Waals surface area contributed by atoms with Gasteiger partial charge in [0, 0.05) is 25.4 Å². The maximum absolute atomic E-state index is 9.94. The van der Waals surface area contributed by atoms with Crippen LogP contribution in [-0.4, -0.2) is 41.8 Å². The van der Waals surface area contributed by atoms with Gasteiger partial charge >= 0.3 is 0 Å².